The van der Waals surface area contributed by atoms with Crippen LogP contribution in [0.4, 0.5) is 0 Å². The van der Waals surface area contributed by atoms with Gasteiger partial charge in [-0.3, -0.25) is 14.6 Å². The van der Waals surface area contributed by atoms with Crippen LogP contribution in [0.2, 0.25) is 0 Å². The summed E-state index contributed by atoms with van der Waals surface area (Å²) in [4.78, 5) is 82.8. The Labute approximate surface area is 219 Å². The van der Waals surface area contributed by atoms with Gasteiger partial charge < -0.3 is 9.47 Å². The molecular formula is C27H30O11. The van der Waals surface area contributed by atoms with E-state index in [9.17, 15) is 24.0 Å². The Morgan fingerprint density at radius 2 is 0.868 bits per heavy atom. The van der Waals surface area contributed by atoms with Crippen LogP contribution in [0.25, 0.3) is 0 Å². The van der Waals surface area contributed by atoms with E-state index >= 15 is 0 Å². The van der Waals surface area contributed by atoms with E-state index in [1.165, 1.54) is 24.3 Å². The Morgan fingerprint density at radius 1 is 0.526 bits per heavy atom. The quantitative estimate of drug-likeness (QED) is 0.209. The van der Waals surface area contributed by atoms with Gasteiger partial charge >= 0.3 is 23.9 Å². The fraction of sp³-hybridized carbons (Fsp3) is 0.370. The molecule has 0 spiro atoms. The molecule has 0 unspecified atom stereocenters. The van der Waals surface area contributed by atoms with Gasteiger partial charge in [0.15, 0.2) is 5.78 Å². The Bertz CT molecular complexity index is 1250. The summed E-state index contributed by atoms with van der Waals surface area (Å²) in [5.41, 5.74) is -2.55. The van der Waals surface area contributed by atoms with E-state index in [1.807, 2.05) is 0 Å². The topological polar surface area (TPSA) is 141 Å². The molecule has 2 aromatic carbocycles. The molecule has 0 fully saturated rings. The molecule has 0 heterocycles. The molecule has 11 heteroatoms. The average Bonchev–Trinajstić information content (AvgIpc) is 2.87. The molecule has 2 rings (SSSR count). The first-order chi connectivity index (χ1) is 17.6. The van der Waals surface area contributed by atoms with E-state index in [-0.39, 0.29) is 33.4 Å². The van der Waals surface area contributed by atoms with Crippen LogP contribution in [0.15, 0.2) is 36.4 Å². The van der Waals surface area contributed by atoms with E-state index in [2.05, 4.69) is 0 Å². The van der Waals surface area contributed by atoms with Crippen molar-refractivity contribution in [3.05, 3.63) is 69.8 Å². The van der Waals surface area contributed by atoms with Gasteiger partial charge in [0.05, 0.1) is 36.5 Å². The van der Waals surface area contributed by atoms with Crippen molar-refractivity contribution in [3.63, 3.8) is 0 Å². The minimum atomic E-state index is -1.03. The third kappa shape index (κ3) is 7.95. The third-order valence-corrected chi connectivity index (χ3v) is 4.55. The van der Waals surface area contributed by atoms with Crippen molar-refractivity contribution in [1.82, 2.24) is 0 Å². The number of esters is 2. The number of rotatable bonds is 8. The predicted octanol–water partition coefficient (Wildman–Crippen LogP) is 4.26. The van der Waals surface area contributed by atoms with E-state index in [4.69, 9.17) is 29.0 Å². The summed E-state index contributed by atoms with van der Waals surface area (Å²) in [7, 11) is 2.25. The summed E-state index contributed by atoms with van der Waals surface area (Å²) < 4.78 is 9.46. The molecule has 0 amide bonds. The number of hydrogen-bond donors (Lipinski definition) is 0. The van der Waals surface area contributed by atoms with Crippen molar-refractivity contribution >= 4 is 29.7 Å². The van der Waals surface area contributed by atoms with Crippen LogP contribution in [0.1, 0.15) is 98.9 Å². The van der Waals surface area contributed by atoms with Gasteiger partial charge in [0.25, 0.3) is 0 Å². The molecule has 0 aliphatic rings. The zero-order valence-corrected chi connectivity index (χ0v) is 22.5. The Morgan fingerprint density at radius 3 is 1.26 bits per heavy atom. The first-order valence-corrected chi connectivity index (χ1v) is 11.4. The Kier molecular flexibility index (Phi) is 9.49. The first kappa shape index (κ1) is 30.1. The van der Waals surface area contributed by atoms with Crippen LogP contribution in [-0.4, -0.2) is 55.1 Å². The number of benzene rings is 2. The van der Waals surface area contributed by atoms with Crippen molar-refractivity contribution in [2.75, 3.05) is 14.2 Å². The SMILES string of the molecule is COC(=O)c1cc(C(=O)c2ccc(C(=O)OC)c(C(=O)OOC(C)(C)C)c2)ccc1C(=O)OOC(C)(C)C. The number of ether oxygens (including phenoxy) is 2. The van der Waals surface area contributed by atoms with Gasteiger partial charge in [0.2, 0.25) is 0 Å². The lowest BCUT2D eigenvalue weighted by atomic mass is 9.95. The van der Waals surface area contributed by atoms with Gasteiger partial charge in [-0.05, 0) is 65.8 Å². The van der Waals surface area contributed by atoms with Gasteiger partial charge in [0, 0.05) is 11.1 Å². The monoisotopic (exact) mass is 530 g/mol. The number of methoxy groups -OCH3 is 2. The number of carbonyl (C=O) groups is 5. The zero-order chi connectivity index (χ0) is 28.8. The number of ketones is 1. The molecule has 38 heavy (non-hydrogen) atoms. The molecule has 0 bridgehead atoms. The minimum Gasteiger partial charge on any atom is -0.465 e. The first-order valence-electron chi connectivity index (χ1n) is 11.4. The highest BCUT2D eigenvalue weighted by Crippen LogP contribution is 2.22. The molecule has 0 N–H and O–H groups in total. The van der Waals surface area contributed by atoms with E-state index in [0.29, 0.717) is 0 Å². The van der Waals surface area contributed by atoms with Crippen molar-refractivity contribution < 1.29 is 53.0 Å². The van der Waals surface area contributed by atoms with Gasteiger partial charge in [0.1, 0.15) is 11.2 Å². The predicted molar refractivity (Wildman–Crippen MR) is 132 cm³/mol. The largest absolute Gasteiger partial charge is 0.465 e. The van der Waals surface area contributed by atoms with Crippen LogP contribution in [0.5, 0.6) is 0 Å². The van der Waals surface area contributed by atoms with Gasteiger partial charge in [-0.1, -0.05) is 12.1 Å². The van der Waals surface area contributed by atoms with E-state index in [1.54, 1.807) is 41.5 Å². The van der Waals surface area contributed by atoms with Crippen molar-refractivity contribution in [2.45, 2.75) is 52.7 Å². The van der Waals surface area contributed by atoms with Crippen LogP contribution >= 0.6 is 0 Å². The highest BCUT2D eigenvalue weighted by molar-refractivity contribution is 6.13. The molecule has 11 nitrogen and oxygen atoms in total. The minimum absolute atomic E-state index is 0.0187. The van der Waals surface area contributed by atoms with Gasteiger partial charge in [-0.2, -0.15) is 9.78 Å². The molecule has 0 atom stereocenters. The molecular weight excluding hydrogens is 500 g/mol. The maximum Gasteiger partial charge on any atom is 0.374 e. The van der Waals surface area contributed by atoms with Crippen LogP contribution in [-0.2, 0) is 29.0 Å². The summed E-state index contributed by atoms with van der Waals surface area (Å²) in [6.45, 7) is 9.93. The van der Waals surface area contributed by atoms with E-state index in [0.717, 1.165) is 26.4 Å². The fourth-order valence-corrected chi connectivity index (χ4v) is 2.87. The molecule has 204 valence electrons. The van der Waals surface area contributed by atoms with Gasteiger partial charge in [-0.15, -0.1) is 0 Å². The lowest BCUT2D eigenvalue weighted by Gasteiger charge is -2.17. The van der Waals surface area contributed by atoms with Gasteiger partial charge in [-0.25, -0.2) is 19.2 Å². The van der Waals surface area contributed by atoms with Crippen LogP contribution in [0.3, 0.4) is 0 Å². The molecule has 2 aromatic rings. The summed E-state index contributed by atoms with van der Waals surface area (Å²) in [6, 6.07) is 7.31. The number of carbonyl (C=O) groups excluding carboxylic acids is 5. The molecule has 0 aromatic heterocycles. The second-order valence-electron chi connectivity index (χ2n) is 9.97. The van der Waals surface area contributed by atoms with Crippen molar-refractivity contribution in [2.24, 2.45) is 0 Å². The summed E-state index contributed by atoms with van der Waals surface area (Å²) in [5.74, 6) is -4.36. The maximum atomic E-state index is 13.3. The Hall–Kier alpha value is -4.09. The highest BCUT2D eigenvalue weighted by atomic mass is 17.2. The maximum absolute atomic E-state index is 13.3. The molecule has 0 radical (unpaired) electrons. The number of hydrogen-bond acceptors (Lipinski definition) is 11. The molecule has 0 saturated heterocycles. The highest BCUT2D eigenvalue weighted by Gasteiger charge is 2.27. The normalized spacial score (nSPS) is 11.4. The average molecular weight is 531 g/mol. The zero-order valence-electron chi connectivity index (χ0n) is 22.5. The summed E-state index contributed by atoms with van der Waals surface area (Å²) >= 11 is 0. The van der Waals surface area contributed by atoms with Crippen LogP contribution < -0.4 is 0 Å². The summed E-state index contributed by atoms with van der Waals surface area (Å²) in [6.07, 6.45) is 0. The lowest BCUT2D eigenvalue weighted by Crippen LogP contribution is -2.23. The molecule has 0 aliphatic heterocycles. The second kappa shape index (κ2) is 12.0. The molecule has 0 saturated carbocycles. The molecule has 0 aliphatic carbocycles. The fourth-order valence-electron chi connectivity index (χ4n) is 2.87. The van der Waals surface area contributed by atoms with Crippen LogP contribution in [0, 0.1) is 0 Å². The standard InChI is InChI=1S/C27H30O11/c1-26(2,3)37-35-24(31)18-12-10-15(13-19(18)23(30)34-8)21(28)16-9-11-17(22(29)33-7)20(14-16)25(32)36-38-27(4,5)6/h9-14H,1-8H3. The lowest BCUT2D eigenvalue weighted by molar-refractivity contribution is -0.301. The summed E-state index contributed by atoms with van der Waals surface area (Å²) in [5, 5.41) is 0. The second-order valence-corrected chi connectivity index (χ2v) is 9.97. The third-order valence-electron chi connectivity index (χ3n) is 4.55. The smallest absolute Gasteiger partial charge is 0.374 e. The van der Waals surface area contributed by atoms with E-state index < -0.39 is 40.9 Å². The van der Waals surface area contributed by atoms with Crippen molar-refractivity contribution in [3.8, 4) is 0 Å². The van der Waals surface area contributed by atoms with Crippen molar-refractivity contribution in [1.29, 1.82) is 0 Å². The Balaban J connectivity index is 2.50.